The second-order valence-electron chi connectivity index (χ2n) is 6.80. The van der Waals surface area contributed by atoms with Crippen molar-refractivity contribution >= 4 is 5.91 Å². The molecule has 3 aromatic heterocycles. The Labute approximate surface area is 162 Å². The number of nitrogens with zero attached hydrogens (tertiary/aromatic N) is 4. The standard InChI is InChI=1S/C20H22N4O4/c1-3-26-18-7-6-16(27-18)20(25)24-8-4-5-14(11-24)19-15(10-21-12-22-19)17-9-13(2)23-28-17/h6-7,9-10,12,14H,3-5,8,11H2,1-2H3. The predicted octanol–water partition coefficient (Wildman–Crippen LogP) is 3.45. The molecule has 0 bridgehead atoms. The van der Waals surface area contributed by atoms with Crippen molar-refractivity contribution < 1.29 is 18.5 Å². The first-order valence-corrected chi connectivity index (χ1v) is 9.41. The van der Waals surface area contributed by atoms with Gasteiger partial charge in [0.2, 0.25) is 0 Å². The van der Waals surface area contributed by atoms with Crippen LogP contribution in [0.15, 0.2) is 39.7 Å². The molecule has 1 amide bonds. The van der Waals surface area contributed by atoms with Gasteiger partial charge in [0.15, 0.2) is 11.5 Å². The Morgan fingerprint density at radius 3 is 3.07 bits per heavy atom. The van der Waals surface area contributed by atoms with Gasteiger partial charge in [0.1, 0.15) is 6.33 Å². The van der Waals surface area contributed by atoms with Crippen LogP contribution < -0.4 is 4.74 Å². The number of piperidine rings is 1. The molecular formula is C20H22N4O4. The van der Waals surface area contributed by atoms with E-state index in [1.165, 1.54) is 6.33 Å². The van der Waals surface area contributed by atoms with E-state index >= 15 is 0 Å². The van der Waals surface area contributed by atoms with Crippen molar-refractivity contribution in [2.45, 2.75) is 32.6 Å². The normalized spacial score (nSPS) is 16.9. The first-order chi connectivity index (χ1) is 13.7. The molecule has 1 atom stereocenters. The molecule has 3 aromatic rings. The molecule has 4 rings (SSSR count). The minimum Gasteiger partial charge on any atom is -0.465 e. The first kappa shape index (κ1) is 18.2. The van der Waals surface area contributed by atoms with Crippen LogP contribution in [-0.4, -0.2) is 45.6 Å². The Morgan fingerprint density at radius 1 is 1.39 bits per heavy atom. The third-order valence-electron chi connectivity index (χ3n) is 4.81. The summed E-state index contributed by atoms with van der Waals surface area (Å²) in [7, 11) is 0. The number of ether oxygens (including phenoxy) is 1. The van der Waals surface area contributed by atoms with E-state index < -0.39 is 0 Å². The quantitative estimate of drug-likeness (QED) is 0.667. The van der Waals surface area contributed by atoms with Crippen LogP contribution in [0, 0.1) is 6.92 Å². The van der Waals surface area contributed by atoms with E-state index in [1.54, 1.807) is 23.2 Å². The number of furan rings is 1. The molecule has 0 saturated carbocycles. The van der Waals surface area contributed by atoms with Crippen molar-refractivity contribution in [3.8, 4) is 17.3 Å². The zero-order valence-electron chi connectivity index (χ0n) is 15.9. The Balaban J connectivity index is 1.55. The number of carbonyl (C=O) groups excluding carboxylic acids is 1. The Kier molecular flexibility index (Phi) is 5.10. The highest BCUT2D eigenvalue weighted by Gasteiger charge is 2.30. The predicted molar refractivity (Wildman–Crippen MR) is 100 cm³/mol. The highest BCUT2D eigenvalue weighted by molar-refractivity contribution is 5.91. The molecule has 0 aromatic carbocycles. The molecule has 1 aliphatic rings. The van der Waals surface area contributed by atoms with Crippen molar-refractivity contribution in [3.05, 3.63) is 47.9 Å². The number of aromatic nitrogens is 3. The largest absolute Gasteiger partial charge is 0.465 e. The number of hydrogen-bond donors (Lipinski definition) is 0. The summed E-state index contributed by atoms with van der Waals surface area (Å²) in [5.74, 6) is 1.24. The molecule has 8 nitrogen and oxygen atoms in total. The van der Waals surface area contributed by atoms with E-state index in [-0.39, 0.29) is 17.6 Å². The highest BCUT2D eigenvalue weighted by Crippen LogP contribution is 2.33. The van der Waals surface area contributed by atoms with Crippen molar-refractivity contribution in [2.24, 2.45) is 0 Å². The fourth-order valence-electron chi connectivity index (χ4n) is 3.54. The first-order valence-electron chi connectivity index (χ1n) is 9.41. The Hall–Kier alpha value is -3.16. The van der Waals surface area contributed by atoms with Gasteiger partial charge in [-0.3, -0.25) is 4.79 Å². The van der Waals surface area contributed by atoms with Crippen LogP contribution in [0.1, 0.15) is 47.6 Å². The van der Waals surface area contributed by atoms with Crippen LogP contribution in [0.4, 0.5) is 0 Å². The van der Waals surface area contributed by atoms with Gasteiger partial charge in [-0.05, 0) is 32.8 Å². The van der Waals surface area contributed by atoms with Gasteiger partial charge in [-0.2, -0.15) is 0 Å². The second kappa shape index (κ2) is 7.84. The highest BCUT2D eigenvalue weighted by atomic mass is 16.6. The topological polar surface area (TPSA) is 94.5 Å². The van der Waals surface area contributed by atoms with Gasteiger partial charge < -0.3 is 18.6 Å². The number of hydrogen-bond acceptors (Lipinski definition) is 7. The molecular weight excluding hydrogens is 360 g/mol. The molecule has 1 saturated heterocycles. The Bertz CT molecular complexity index is 965. The summed E-state index contributed by atoms with van der Waals surface area (Å²) in [6.07, 6.45) is 5.09. The summed E-state index contributed by atoms with van der Waals surface area (Å²) < 4.78 is 16.2. The van der Waals surface area contributed by atoms with Crippen LogP contribution in [-0.2, 0) is 0 Å². The van der Waals surface area contributed by atoms with Crippen LogP contribution in [0.25, 0.3) is 11.3 Å². The van der Waals surface area contributed by atoms with E-state index in [0.717, 1.165) is 29.8 Å². The van der Waals surface area contributed by atoms with Gasteiger partial charge in [0, 0.05) is 37.3 Å². The third-order valence-corrected chi connectivity index (χ3v) is 4.81. The van der Waals surface area contributed by atoms with E-state index in [0.29, 0.717) is 31.4 Å². The summed E-state index contributed by atoms with van der Waals surface area (Å²) in [4.78, 5) is 23.3. The molecule has 0 aliphatic carbocycles. The maximum atomic E-state index is 12.9. The lowest BCUT2D eigenvalue weighted by molar-refractivity contribution is 0.0666. The van der Waals surface area contributed by atoms with E-state index in [2.05, 4.69) is 15.1 Å². The summed E-state index contributed by atoms with van der Waals surface area (Å²) in [5, 5.41) is 3.96. The molecule has 1 aliphatic heterocycles. The molecule has 1 unspecified atom stereocenters. The fourth-order valence-corrected chi connectivity index (χ4v) is 3.54. The number of aryl methyl sites for hydroxylation is 1. The Morgan fingerprint density at radius 2 is 2.29 bits per heavy atom. The van der Waals surface area contributed by atoms with Crippen molar-refractivity contribution in [1.29, 1.82) is 0 Å². The number of likely N-dealkylation sites (tertiary alicyclic amines) is 1. The fraction of sp³-hybridized carbons (Fsp3) is 0.400. The van der Waals surface area contributed by atoms with E-state index in [9.17, 15) is 4.79 Å². The molecule has 8 heteroatoms. The van der Waals surface area contributed by atoms with E-state index in [4.69, 9.17) is 13.7 Å². The second-order valence-corrected chi connectivity index (χ2v) is 6.80. The molecule has 0 spiro atoms. The monoisotopic (exact) mass is 382 g/mol. The lowest BCUT2D eigenvalue weighted by Gasteiger charge is -2.32. The van der Waals surface area contributed by atoms with Crippen molar-refractivity contribution in [1.82, 2.24) is 20.0 Å². The third kappa shape index (κ3) is 3.62. The zero-order valence-corrected chi connectivity index (χ0v) is 15.9. The lowest BCUT2D eigenvalue weighted by Crippen LogP contribution is -2.39. The number of rotatable bonds is 5. The summed E-state index contributed by atoms with van der Waals surface area (Å²) >= 11 is 0. The van der Waals surface area contributed by atoms with E-state index in [1.807, 2.05) is 19.9 Å². The van der Waals surface area contributed by atoms with Crippen LogP contribution in [0.5, 0.6) is 5.95 Å². The molecule has 0 N–H and O–H groups in total. The van der Waals surface area contributed by atoms with Gasteiger partial charge in [0.05, 0.1) is 23.6 Å². The number of amides is 1. The summed E-state index contributed by atoms with van der Waals surface area (Å²) in [6, 6.07) is 5.20. The van der Waals surface area contributed by atoms with Gasteiger partial charge in [-0.25, -0.2) is 9.97 Å². The molecule has 1 fully saturated rings. The van der Waals surface area contributed by atoms with Crippen LogP contribution >= 0.6 is 0 Å². The zero-order chi connectivity index (χ0) is 19.5. The van der Waals surface area contributed by atoms with Gasteiger partial charge in [-0.1, -0.05) is 5.16 Å². The van der Waals surface area contributed by atoms with Gasteiger partial charge in [-0.15, -0.1) is 0 Å². The summed E-state index contributed by atoms with van der Waals surface area (Å²) in [5.41, 5.74) is 2.49. The maximum Gasteiger partial charge on any atom is 0.289 e. The number of carbonyl (C=O) groups is 1. The van der Waals surface area contributed by atoms with Gasteiger partial charge in [0.25, 0.3) is 11.9 Å². The molecule has 28 heavy (non-hydrogen) atoms. The smallest absolute Gasteiger partial charge is 0.289 e. The van der Waals surface area contributed by atoms with Crippen molar-refractivity contribution in [2.75, 3.05) is 19.7 Å². The molecule has 4 heterocycles. The minimum atomic E-state index is -0.137. The van der Waals surface area contributed by atoms with Gasteiger partial charge >= 0.3 is 0 Å². The average Bonchev–Trinajstić information content (AvgIpc) is 3.37. The SMILES string of the molecule is CCOc1ccc(C(=O)N2CCCC(c3ncncc3-c3cc(C)no3)C2)o1. The van der Waals surface area contributed by atoms with Crippen LogP contribution in [0.3, 0.4) is 0 Å². The summed E-state index contributed by atoms with van der Waals surface area (Å²) in [6.45, 7) is 5.47. The maximum absolute atomic E-state index is 12.9. The molecule has 0 radical (unpaired) electrons. The average molecular weight is 382 g/mol. The van der Waals surface area contributed by atoms with Crippen molar-refractivity contribution in [3.63, 3.8) is 0 Å². The minimum absolute atomic E-state index is 0.0856. The molecule has 146 valence electrons. The lowest BCUT2D eigenvalue weighted by atomic mass is 9.91. The van der Waals surface area contributed by atoms with Crippen LogP contribution in [0.2, 0.25) is 0 Å².